The second-order valence-corrected chi connectivity index (χ2v) is 3.25. The molecule has 0 amide bonds. The number of methoxy groups -OCH3 is 1. The Labute approximate surface area is 89.8 Å². The van der Waals surface area contributed by atoms with E-state index in [9.17, 15) is 13.2 Å². The van der Waals surface area contributed by atoms with Gasteiger partial charge in [-0.05, 0) is 12.1 Å². The Morgan fingerprint density at radius 1 is 1.40 bits per heavy atom. The predicted molar refractivity (Wildman–Crippen MR) is 50.9 cm³/mol. The highest BCUT2D eigenvalue weighted by molar-refractivity contribution is 6.31. The molecule has 6 heteroatoms. The van der Waals surface area contributed by atoms with Gasteiger partial charge in [0.25, 0.3) is 0 Å². The van der Waals surface area contributed by atoms with Gasteiger partial charge in [-0.25, -0.2) is 0 Å². The maximum Gasteiger partial charge on any atom is 0.417 e. The van der Waals surface area contributed by atoms with Crippen LogP contribution in [-0.2, 0) is 12.7 Å². The van der Waals surface area contributed by atoms with Crippen molar-refractivity contribution in [1.29, 1.82) is 0 Å². The van der Waals surface area contributed by atoms with Crippen molar-refractivity contribution in [1.82, 2.24) is 0 Å². The highest BCUT2D eigenvalue weighted by Gasteiger charge is 2.34. The molecule has 0 fully saturated rings. The normalized spacial score (nSPS) is 11.6. The largest absolute Gasteiger partial charge is 0.496 e. The minimum atomic E-state index is -4.49. The summed E-state index contributed by atoms with van der Waals surface area (Å²) in [5.41, 5.74) is 4.86. The van der Waals surface area contributed by atoms with E-state index in [0.717, 1.165) is 6.07 Å². The summed E-state index contributed by atoms with van der Waals surface area (Å²) in [5, 5.41) is -0.372. The summed E-state index contributed by atoms with van der Waals surface area (Å²) in [6, 6.07) is 2.02. The summed E-state index contributed by atoms with van der Waals surface area (Å²) < 4.78 is 42.1. The SMILES string of the molecule is COc1cc(C(F)(F)F)c(Cl)cc1CN. The zero-order valence-electron chi connectivity index (χ0n) is 7.86. The van der Waals surface area contributed by atoms with Crippen molar-refractivity contribution >= 4 is 11.6 Å². The van der Waals surface area contributed by atoms with Crippen LogP contribution in [0.2, 0.25) is 5.02 Å². The van der Waals surface area contributed by atoms with Crippen LogP contribution in [0.5, 0.6) is 5.75 Å². The van der Waals surface area contributed by atoms with Crippen molar-refractivity contribution in [2.45, 2.75) is 12.7 Å². The van der Waals surface area contributed by atoms with Crippen molar-refractivity contribution in [3.05, 3.63) is 28.3 Å². The minimum absolute atomic E-state index is 0.0705. The molecule has 0 unspecified atom stereocenters. The van der Waals surface area contributed by atoms with Gasteiger partial charge in [0, 0.05) is 12.1 Å². The second-order valence-electron chi connectivity index (χ2n) is 2.85. The number of halogens is 4. The number of rotatable bonds is 2. The molecule has 0 aromatic heterocycles. The molecule has 2 nitrogen and oxygen atoms in total. The van der Waals surface area contributed by atoms with E-state index < -0.39 is 11.7 Å². The molecule has 2 N–H and O–H groups in total. The third kappa shape index (κ3) is 2.54. The van der Waals surface area contributed by atoms with Crippen LogP contribution in [0, 0.1) is 0 Å². The number of benzene rings is 1. The fraction of sp³-hybridized carbons (Fsp3) is 0.333. The average molecular weight is 240 g/mol. The molecule has 84 valence electrons. The molecule has 1 aromatic rings. The fourth-order valence-corrected chi connectivity index (χ4v) is 1.45. The third-order valence-electron chi connectivity index (χ3n) is 1.90. The number of alkyl halides is 3. The van der Waals surface area contributed by atoms with E-state index in [-0.39, 0.29) is 17.3 Å². The molecule has 0 aliphatic heterocycles. The number of hydrogen-bond donors (Lipinski definition) is 1. The number of hydrogen-bond acceptors (Lipinski definition) is 2. The Balaban J connectivity index is 3.32. The van der Waals surface area contributed by atoms with E-state index >= 15 is 0 Å². The smallest absolute Gasteiger partial charge is 0.417 e. The lowest BCUT2D eigenvalue weighted by Crippen LogP contribution is -2.08. The second kappa shape index (κ2) is 4.28. The Bertz CT molecular complexity index is 365. The van der Waals surface area contributed by atoms with Gasteiger partial charge < -0.3 is 10.5 Å². The van der Waals surface area contributed by atoms with Crippen LogP contribution in [0.15, 0.2) is 12.1 Å². The maximum absolute atomic E-state index is 12.4. The molecule has 15 heavy (non-hydrogen) atoms. The van der Waals surface area contributed by atoms with Crippen molar-refractivity contribution in [2.24, 2.45) is 5.73 Å². The molecule has 0 saturated carbocycles. The summed E-state index contributed by atoms with van der Waals surface area (Å²) in [6.45, 7) is 0.0705. The number of ether oxygens (including phenoxy) is 1. The van der Waals surface area contributed by atoms with E-state index in [1.54, 1.807) is 0 Å². The van der Waals surface area contributed by atoms with Crippen LogP contribution in [-0.4, -0.2) is 7.11 Å². The van der Waals surface area contributed by atoms with Crippen molar-refractivity contribution in [3.8, 4) is 5.75 Å². The summed E-state index contributed by atoms with van der Waals surface area (Å²) in [6.07, 6.45) is -4.49. The maximum atomic E-state index is 12.4. The molecule has 0 aliphatic carbocycles. The first-order chi connectivity index (χ1) is 6.90. The Kier molecular flexibility index (Phi) is 3.46. The van der Waals surface area contributed by atoms with Crippen LogP contribution in [0.1, 0.15) is 11.1 Å². The van der Waals surface area contributed by atoms with E-state index in [2.05, 4.69) is 0 Å². The molecule has 0 atom stereocenters. The number of nitrogens with two attached hydrogens (primary N) is 1. The first kappa shape index (κ1) is 12.1. The third-order valence-corrected chi connectivity index (χ3v) is 2.21. The van der Waals surface area contributed by atoms with Gasteiger partial charge in [-0.15, -0.1) is 0 Å². The molecule has 0 saturated heterocycles. The molecular weight excluding hydrogens is 231 g/mol. The summed E-state index contributed by atoms with van der Waals surface area (Å²) >= 11 is 5.49. The minimum Gasteiger partial charge on any atom is -0.496 e. The predicted octanol–water partition coefficient (Wildman–Crippen LogP) is 2.83. The Hall–Kier alpha value is -0.940. The van der Waals surface area contributed by atoms with E-state index in [1.807, 2.05) is 0 Å². The zero-order valence-corrected chi connectivity index (χ0v) is 8.62. The molecule has 0 radical (unpaired) electrons. The van der Waals surface area contributed by atoms with Gasteiger partial charge in [-0.3, -0.25) is 0 Å². The quantitative estimate of drug-likeness (QED) is 0.861. The highest BCUT2D eigenvalue weighted by atomic mass is 35.5. The summed E-state index contributed by atoms with van der Waals surface area (Å²) in [5.74, 6) is 0.0919. The van der Waals surface area contributed by atoms with Crippen LogP contribution in [0.3, 0.4) is 0 Å². The first-order valence-corrected chi connectivity index (χ1v) is 4.41. The highest BCUT2D eigenvalue weighted by Crippen LogP contribution is 2.38. The lowest BCUT2D eigenvalue weighted by Gasteiger charge is -2.13. The van der Waals surface area contributed by atoms with E-state index in [4.69, 9.17) is 22.1 Å². The van der Waals surface area contributed by atoms with Crippen LogP contribution in [0.25, 0.3) is 0 Å². The summed E-state index contributed by atoms with van der Waals surface area (Å²) in [7, 11) is 1.28. The fourth-order valence-electron chi connectivity index (χ4n) is 1.16. The summed E-state index contributed by atoms with van der Waals surface area (Å²) in [4.78, 5) is 0. The standard InChI is InChI=1S/C9H9ClF3NO/c1-15-8-3-6(9(11,12)13)7(10)2-5(8)4-14/h2-3H,4,14H2,1H3. The first-order valence-electron chi connectivity index (χ1n) is 4.03. The van der Waals surface area contributed by atoms with Gasteiger partial charge in [0.2, 0.25) is 0 Å². The monoisotopic (exact) mass is 239 g/mol. The molecule has 1 rings (SSSR count). The Morgan fingerprint density at radius 2 is 2.00 bits per heavy atom. The average Bonchev–Trinajstić information content (AvgIpc) is 2.15. The van der Waals surface area contributed by atoms with Gasteiger partial charge in [0.05, 0.1) is 17.7 Å². The molecular formula is C9H9ClF3NO. The van der Waals surface area contributed by atoms with E-state index in [0.29, 0.717) is 5.56 Å². The van der Waals surface area contributed by atoms with Gasteiger partial charge in [0.15, 0.2) is 0 Å². The van der Waals surface area contributed by atoms with E-state index in [1.165, 1.54) is 13.2 Å². The van der Waals surface area contributed by atoms with Crippen molar-refractivity contribution in [3.63, 3.8) is 0 Å². The molecule has 0 heterocycles. The van der Waals surface area contributed by atoms with Crippen LogP contribution >= 0.6 is 11.6 Å². The van der Waals surface area contributed by atoms with Gasteiger partial charge in [-0.2, -0.15) is 13.2 Å². The molecule has 0 spiro atoms. The Morgan fingerprint density at radius 3 is 2.40 bits per heavy atom. The van der Waals surface area contributed by atoms with Crippen LogP contribution < -0.4 is 10.5 Å². The lowest BCUT2D eigenvalue weighted by atomic mass is 10.1. The van der Waals surface area contributed by atoms with Gasteiger partial charge >= 0.3 is 6.18 Å². The molecule has 0 aliphatic rings. The van der Waals surface area contributed by atoms with Gasteiger partial charge in [0.1, 0.15) is 5.75 Å². The van der Waals surface area contributed by atoms with Crippen LogP contribution in [0.4, 0.5) is 13.2 Å². The topological polar surface area (TPSA) is 35.2 Å². The van der Waals surface area contributed by atoms with Gasteiger partial charge in [-0.1, -0.05) is 11.6 Å². The van der Waals surface area contributed by atoms with Crippen molar-refractivity contribution < 1.29 is 17.9 Å². The molecule has 1 aromatic carbocycles. The molecule has 0 bridgehead atoms. The van der Waals surface area contributed by atoms with Crippen molar-refractivity contribution in [2.75, 3.05) is 7.11 Å². The zero-order chi connectivity index (χ0) is 11.6. The lowest BCUT2D eigenvalue weighted by molar-refractivity contribution is -0.137.